The quantitative estimate of drug-likeness (QED) is 0.765. The SMILES string of the molecule is CC(=O)n1cc(C(=O)Nc2cccc(C#N)c2)c2cc(Cl)ccc21. The molecule has 0 saturated heterocycles. The van der Waals surface area contributed by atoms with Gasteiger partial charge >= 0.3 is 0 Å². The van der Waals surface area contributed by atoms with Crippen LogP contribution in [0.3, 0.4) is 0 Å². The third-order valence-corrected chi connectivity index (χ3v) is 3.84. The summed E-state index contributed by atoms with van der Waals surface area (Å²) in [4.78, 5) is 24.4. The van der Waals surface area contributed by atoms with E-state index in [9.17, 15) is 9.59 Å². The minimum absolute atomic E-state index is 0.201. The van der Waals surface area contributed by atoms with Gasteiger partial charge in [-0.2, -0.15) is 5.26 Å². The molecule has 0 spiro atoms. The molecular weight excluding hydrogens is 326 g/mol. The molecule has 0 aliphatic heterocycles. The van der Waals surface area contributed by atoms with Crippen molar-refractivity contribution in [3.05, 3.63) is 64.8 Å². The van der Waals surface area contributed by atoms with Gasteiger partial charge in [0, 0.05) is 29.2 Å². The normalized spacial score (nSPS) is 10.4. The fraction of sp³-hybridized carbons (Fsp3) is 0.0556. The van der Waals surface area contributed by atoms with Gasteiger partial charge < -0.3 is 5.32 Å². The standard InChI is InChI=1S/C18H12ClN3O2/c1-11(23)22-10-16(15-8-13(19)5-6-17(15)22)18(24)21-14-4-2-3-12(7-14)9-20/h2-8,10H,1H3,(H,21,24). The number of rotatable bonds is 2. The van der Waals surface area contributed by atoms with Crippen LogP contribution >= 0.6 is 11.6 Å². The molecule has 24 heavy (non-hydrogen) atoms. The van der Waals surface area contributed by atoms with Crippen LogP contribution in [0.4, 0.5) is 5.69 Å². The molecule has 118 valence electrons. The lowest BCUT2D eigenvalue weighted by Crippen LogP contribution is -2.12. The number of hydrogen-bond donors (Lipinski definition) is 1. The topological polar surface area (TPSA) is 74.9 Å². The van der Waals surface area contributed by atoms with Gasteiger partial charge in [0.1, 0.15) is 0 Å². The Balaban J connectivity index is 2.05. The van der Waals surface area contributed by atoms with Crippen LogP contribution in [0.5, 0.6) is 0 Å². The number of nitriles is 1. The number of nitrogens with one attached hydrogen (secondary N) is 1. The lowest BCUT2D eigenvalue weighted by atomic mass is 10.1. The van der Waals surface area contributed by atoms with Crippen LogP contribution < -0.4 is 5.32 Å². The van der Waals surface area contributed by atoms with E-state index >= 15 is 0 Å². The Bertz CT molecular complexity index is 1010. The average Bonchev–Trinajstić information content (AvgIpc) is 2.94. The molecule has 0 saturated carbocycles. The third kappa shape index (κ3) is 2.87. The maximum Gasteiger partial charge on any atom is 0.257 e. The van der Waals surface area contributed by atoms with E-state index in [0.29, 0.717) is 32.7 Å². The average molecular weight is 338 g/mol. The van der Waals surface area contributed by atoms with Gasteiger partial charge in [-0.05, 0) is 36.4 Å². The zero-order valence-electron chi connectivity index (χ0n) is 12.7. The monoisotopic (exact) mass is 337 g/mol. The second-order valence-electron chi connectivity index (χ2n) is 5.24. The minimum Gasteiger partial charge on any atom is -0.322 e. The molecule has 0 bridgehead atoms. The molecule has 1 heterocycles. The third-order valence-electron chi connectivity index (χ3n) is 3.60. The summed E-state index contributed by atoms with van der Waals surface area (Å²) in [5, 5.41) is 12.7. The van der Waals surface area contributed by atoms with Crippen molar-refractivity contribution in [1.82, 2.24) is 4.57 Å². The van der Waals surface area contributed by atoms with Crippen molar-refractivity contribution in [3.63, 3.8) is 0 Å². The summed E-state index contributed by atoms with van der Waals surface area (Å²) in [5.41, 5.74) is 1.90. The number of carbonyl (C=O) groups is 2. The van der Waals surface area contributed by atoms with Crippen LogP contribution in [0.1, 0.15) is 27.6 Å². The second-order valence-corrected chi connectivity index (χ2v) is 5.68. The molecule has 0 aliphatic rings. The predicted octanol–water partition coefficient (Wildman–Crippen LogP) is 4.08. The molecule has 3 aromatic rings. The summed E-state index contributed by atoms with van der Waals surface area (Å²) in [6, 6.07) is 13.6. The van der Waals surface area contributed by atoms with E-state index in [0.717, 1.165) is 0 Å². The number of anilines is 1. The van der Waals surface area contributed by atoms with Gasteiger partial charge in [-0.1, -0.05) is 17.7 Å². The van der Waals surface area contributed by atoms with Crippen molar-refractivity contribution in [3.8, 4) is 6.07 Å². The molecular formula is C18H12ClN3O2. The summed E-state index contributed by atoms with van der Waals surface area (Å²) in [5.74, 6) is -0.579. The number of hydrogen-bond acceptors (Lipinski definition) is 3. The zero-order chi connectivity index (χ0) is 17.3. The number of benzene rings is 2. The Morgan fingerprint density at radius 3 is 2.71 bits per heavy atom. The fourth-order valence-corrected chi connectivity index (χ4v) is 2.68. The molecule has 0 unspecified atom stereocenters. The van der Waals surface area contributed by atoms with Crippen LogP contribution in [0.25, 0.3) is 10.9 Å². The summed E-state index contributed by atoms with van der Waals surface area (Å²) in [6.45, 7) is 1.42. The Kier molecular flexibility index (Phi) is 4.07. The molecule has 0 radical (unpaired) electrons. The molecule has 2 aromatic carbocycles. The van der Waals surface area contributed by atoms with E-state index in [2.05, 4.69) is 5.32 Å². The smallest absolute Gasteiger partial charge is 0.257 e. The van der Waals surface area contributed by atoms with Crippen molar-refractivity contribution < 1.29 is 9.59 Å². The number of fused-ring (bicyclic) bond motifs is 1. The summed E-state index contributed by atoms with van der Waals surface area (Å²) in [7, 11) is 0. The zero-order valence-corrected chi connectivity index (χ0v) is 13.5. The Labute approximate surface area is 143 Å². The minimum atomic E-state index is -0.377. The van der Waals surface area contributed by atoms with Gasteiger partial charge in [-0.25, -0.2) is 0 Å². The van der Waals surface area contributed by atoms with Crippen molar-refractivity contribution >= 4 is 40.0 Å². The number of amides is 1. The first-order chi connectivity index (χ1) is 11.5. The first-order valence-electron chi connectivity index (χ1n) is 7.12. The first kappa shape index (κ1) is 15.8. The lowest BCUT2D eigenvalue weighted by Gasteiger charge is -2.04. The van der Waals surface area contributed by atoms with Crippen molar-refractivity contribution in [1.29, 1.82) is 5.26 Å². The summed E-state index contributed by atoms with van der Waals surface area (Å²) >= 11 is 6.02. The van der Waals surface area contributed by atoms with E-state index in [-0.39, 0.29) is 11.8 Å². The molecule has 0 aliphatic carbocycles. The number of nitrogens with zero attached hydrogens (tertiary/aromatic N) is 2. The molecule has 5 nitrogen and oxygen atoms in total. The van der Waals surface area contributed by atoms with Crippen LogP contribution in [-0.2, 0) is 0 Å². The Morgan fingerprint density at radius 1 is 1.21 bits per heavy atom. The largest absolute Gasteiger partial charge is 0.322 e. The molecule has 6 heteroatoms. The van der Waals surface area contributed by atoms with Crippen molar-refractivity contribution in [2.45, 2.75) is 6.92 Å². The van der Waals surface area contributed by atoms with Crippen molar-refractivity contribution in [2.75, 3.05) is 5.32 Å². The van der Waals surface area contributed by atoms with Gasteiger partial charge in [-0.3, -0.25) is 14.2 Å². The summed E-state index contributed by atoms with van der Waals surface area (Å²) in [6.07, 6.45) is 1.49. The van der Waals surface area contributed by atoms with Gasteiger partial charge in [0.2, 0.25) is 5.91 Å². The first-order valence-corrected chi connectivity index (χ1v) is 7.50. The van der Waals surface area contributed by atoms with Gasteiger partial charge in [0.15, 0.2) is 0 Å². The van der Waals surface area contributed by atoms with Crippen molar-refractivity contribution in [2.24, 2.45) is 0 Å². The molecule has 0 fully saturated rings. The fourth-order valence-electron chi connectivity index (χ4n) is 2.51. The van der Waals surface area contributed by atoms with Gasteiger partial charge in [0.25, 0.3) is 5.91 Å². The maximum atomic E-state index is 12.6. The number of aromatic nitrogens is 1. The van der Waals surface area contributed by atoms with E-state index < -0.39 is 0 Å². The van der Waals surface area contributed by atoms with E-state index in [1.165, 1.54) is 17.7 Å². The highest BCUT2D eigenvalue weighted by molar-refractivity contribution is 6.31. The highest BCUT2D eigenvalue weighted by Gasteiger charge is 2.17. The van der Waals surface area contributed by atoms with E-state index in [1.807, 2.05) is 6.07 Å². The Hall–Kier alpha value is -3.10. The molecule has 0 atom stereocenters. The second kappa shape index (κ2) is 6.19. The van der Waals surface area contributed by atoms with Crippen LogP contribution in [0.15, 0.2) is 48.7 Å². The van der Waals surface area contributed by atoms with Gasteiger partial charge in [0.05, 0.1) is 22.7 Å². The highest BCUT2D eigenvalue weighted by atomic mass is 35.5. The number of carbonyl (C=O) groups excluding carboxylic acids is 2. The van der Waals surface area contributed by atoms with Crippen LogP contribution in [0, 0.1) is 11.3 Å². The number of halogens is 1. The lowest BCUT2D eigenvalue weighted by molar-refractivity contribution is 0.0941. The Morgan fingerprint density at radius 2 is 2.00 bits per heavy atom. The van der Waals surface area contributed by atoms with E-state index in [4.69, 9.17) is 16.9 Å². The van der Waals surface area contributed by atoms with E-state index in [1.54, 1.807) is 42.5 Å². The molecule has 1 aromatic heterocycles. The van der Waals surface area contributed by atoms with Gasteiger partial charge in [-0.15, -0.1) is 0 Å². The molecule has 1 N–H and O–H groups in total. The maximum absolute atomic E-state index is 12.6. The predicted molar refractivity (Wildman–Crippen MR) is 92.4 cm³/mol. The van der Waals surface area contributed by atoms with Crippen LogP contribution in [0.2, 0.25) is 5.02 Å². The molecule has 3 rings (SSSR count). The summed E-state index contributed by atoms with van der Waals surface area (Å²) < 4.78 is 1.41. The van der Waals surface area contributed by atoms with Crippen LogP contribution in [-0.4, -0.2) is 16.4 Å². The highest BCUT2D eigenvalue weighted by Crippen LogP contribution is 2.26. The molecule has 1 amide bonds.